The highest BCUT2D eigenvalue weighted by Crippen LogP contribution is 2.32. The minimum Gasteiger partial charge on any atom is -0.435 e. The molecule has 0 unspecified atom stereocenters. The molecule has 0 bridgehead atoms. The Kier molecular flexibility index (Phi) is 3.86. The molecule has 1 atom stereocenters. The standard InChI is InChI=1S/C12H17F2NO/c1-12(2,3)10(15)8-5-4-6-9(7-8)16-11(13)14/h4-7,10-11H,15H2,1-3H3/t10-/m0/s1. The Morgan fingerprint density at radius 2 is 1.88 bits per heavy atom. The summed E-state index contributed by atoms with van der Waals surface area (Å²) >= 11 is 0. The summed E-state index contributed by atoms with van der Waals surface area (Å²) in [6.07, 6.45) is 0. The first-order valence-corrected chi connectivity index (χ1v) is 5.11. The Morgan fingerprint density at radius 3 is 2.38 bits per heavy atom. The van der Waals surface area contributed by atoms with E-state index in [0.717, 1.165) is 5.56 Å². The van der Waals surface area contributed by atoms with E-state index in [1.54, 1.807) is 12.1 Å². The van der Waals surface area contributed by atoms with Gasteiger partial charge < -0.3 is 10.5 Å². The van der Waals surface area contributed by atoms with Crippen LogP contribution in [0.3, 0.4) is 0 Å². The monoisotopic (exact) mass is 229 g/mol. The molecule has 0 saturated carbocycles. The fourth-order valence-corrected chi connectivity index (χ4v) is 1.38. The normalized spacial score (nSPS) is 13.9. The summed E-state index contributed by atoms with van der Waals surface area (Å²) in [5.41, 5.74) is 6.70. The number of hydrogen-bond acceptors (Lipinski definition) is 2. The zero-order chi connectivity index (χ0) is 12.3. The second-order valence-corrected chi connectivity index (χ2v) is 4.79. The van der Waals surface area contributed by atoms with E-state index in [-0.39, 0.29) is 17.2 Å². The fraction of sp³-hybridized carbons (Fsp3) is 0.500. The van der Waals surface area contributed by atoms with Crippen LogP contribution in [0.5, 0.6) is 5.75 Å². The zero-order valence-corrected chi connectivity index (χ0v) is 9.71. The molecule has 1 aromatic carbocycles. The molecule has 0 aliphatic carbocycles. The van der Waals surface area contributed by atoms with Gasteiger partial charge >= 0.3 is 6.61 Å². The summed E-state index contributed by atoms with van der Waals surface area (Å²) in [7, 11) is 0. The van der Waals surface area contributed by atoms with E-state index in [4.69, 9.17) is 5.73 Å². The highest BCUT2D eigenvalue weighted by Gasteiger charge is 2.22. The maximum atomic E-state index is 12.0. The zero-order valence-electron chi connectivity index (χ0n) is 9.71. The van der Waals surface area contributed by atoms with Crippen LogP contribution in [-0.2, 0) is 0 Å². The van der Waals surface area contributed by atoms with Crippen LogP contribution in [0.2, 0.25) is 0 Å². The van der Waals surface area contributed by atoms with Gasteiger partial charge in [0.15, 0.2) is 0 Å². The molecule has 2 N–H and O–H groups in total. The molecule has 0 saturated heterocycles. The molecule has 4 heteroatoms. The van der Waals surface area contributed by atoms with Crippen molar-refractivity contribution >= 4 is 0 Å². The Balaban J connectivity index is 2.90. The van der Waals surface area contributed by atoms with Crippen LogP contribution in [0.15, 0.2) is 24.3 Å². The molecular formula is C12H17F2NO. The van der Waals surface area contributed by atoms with Gasteiger partial charge in [0, 0.05) is 6.04 Å². The van der Waals surface area contributed by atoms with Crippen molar-refractivity contribution in [2.45, 2.75) is 33.4 Å². The third kappa shape index (κ3) is 3.45. The quantitative estimate of drug-likeness (QED) is 0.862. The van der Waals surface area contributed by atoms with Crippen LogP contribution < -0.4 is 10.5 Å². The lowest BCUT2D eigenvalue weighted by Gasteiger charge is -2.27. The maximum Gasteiger partial charge on any atom is 0.387 e. The summed E-state index contributed by atoms with van der Waals surface area (Å²) < 4.78 is 28.4. The first-order chi connectivity index (χ1) is 7.30. The van der Waals surface area contributed by atoms with Crippen molar-refractivity contribution in [2.24, 2.45) is 11.1 Å². The van der Waals surface area contributed by atoms with Crippen LogP contribution in [0.1, 0.15) is 32.4 Å². The van der Waals surface area contributed by atoms with Crippen LogP contribution in [0, 0.1) is 5.41 Å². The van der Waals surface area contributed by atoms with E-state index in [9.17, 15) is 8.78 Å². The third-order valence-electron chi connectivity index (χ3n) is 2.38. The summed E-state index contributed by atoms with van der Waals surface area (Å²) in [4.78, 5) is 0. The van der Waals surface area contributed by atoms with Crippen molar-refractivity contribution in [2.75, 3.05) is 0 Å². The molecule has 0 heterocycles. The third-order valence-corrected chi connectivity index (χ3v) is 2.38. The number of rotatable bonds is 3. The molecule has 0 aliphatic rings. The number of alkyl halides is 2. The molecule has 0 spiro atoms. The summed E-state index contributed by atoms with van der Waals surface area (Å²) in [5, 5.41) is 0. The molecule has 90 valence electrons. The lowest BCUT2D eigenvalue weighted by atomic mass is 9.83. The van der Waals surface area contributed by atoms with E-state index >= 15 is 0 Å². The maximum absolute atomic E-state index is 12.0. The lowest BCUT2D eigenvalue weighted by Crippen LogP contribution is -2.26. The van der Waals surface area contributed by atoms with Gasteiger partial charge in [-0.1, -0.05) is 32.9 Å². The predicted octanol–water partition coefficient (Wildman–Crippen LogP) is 3.33. The SMILES string of the molecule is CC(C)(C)[C@@H](N)c1cccc(OC(F)F)c1. The molecule has 0 fully saturated rings. The number of halogens is 2. The van der Waals surface area contributed by atoms with E-state index in [1.165, 1.54) is 6.07 Å². The largest absolute Gasteiger partial charge is 0.435 e. The second kappa shape index (κ2) is 4.78. The average molecular weight is 229 g/mol. The fourth-order valence-electron chi connectivity index (χ4n) is 1.38. The second-order valence-electron chi connectivity index (χ2n) is 4.79. The first kappa shape index (κ1) is 12.9. The van der Waals surface area contributed by atoms with E-state index < -0.39 is 6.61 Å². The Labute approximate surface area is 94.4 Å². The summed E-state index contributed by atoms with van der Waals surface area (Å²) in [5.74, 6) is 0.146. The molecule has 0 aromatic heterocycles. The van der Waals surface area contributed by atoms with Crippen molar-refractivity contribution in [3.05, 3.63) is 29.8 Å². The number of ether oxygens (including phenoxy) is 1. The highest BCUT2D eigenvalue weighted by atomic mass is 19.3. The highest BCUT2D eigenvalue weighted by molar-refractivity contribution is 5.31. The van der Waals surface area contributed by atoms with Gasteiger partial charge in [-0.2, -0.15) is 8.78 Å². The van der Waals surface area contributed by atoms with Gasteiger partial charge in [0.1, 0.15) is 5.75 Å². The lowest BCUT2D eigenvalue weighted by molar-refractivity contribution is -0.0499. The Hall–Kier alpha value is -1.16. The molecule has 2 nitrogen and oxygen atoms in total. The number of hydrogen-bond donors (Lipinski definition) is 1. The molecule has 1 aromatic rings. The van der Waals surface area contributed by atoms with Gasteiger partial charge in [-0.15, -0.1) is 0 Å². The van der Waals surface area contributed by atoms with Gasteiger partial charge in [0.2, 0.25) is 0 Å². The smallest absolute Gasteiger partial charge is 0.387 e. The first-order valence-electron chi connectivity index (χ1n) is 5.11. The number of benzene rings is 1. The van der Waals surface area contributed by atoms with Gasteiger partial charge in [0.25, 0.3) is 0 Å². The van der Waals surface area contributed by atoms with Crippen molar-refractivity contribution in [3.63, 3.8) is 0 Å². The summed E-state index contributed by atoms with van der Waals surface area (Å²) in [6, 6.07) is 6.31. The predicted molar refractivity (Wildman–Crippen MR) is 59.5 cm³/mol. The molecule has 0 amide bonds. The molecule has 0 aliphatic heterocycles. The van der Waals surface area contributed by atoms with Crippen molar-refractivity contribution < 1.29 is 13.5 Å². The minimum absolute atomic E-state index is 0.122. The van der Waals surface area contributed by atoms with Gasteiger partial charge in [-0.3, -0.25) is 0 Å². The molecule has 1 rings (SSSR count). The summed E-state index contributed by atoms with van der Waals surface area (Å²) in [6.45, 7) is 3.19. The van der Waals surface area contributed by atoms with Gasteiger partial charge in [-0.25, -0.2) is 0 Å². The van der Waals surface area contributed by atoms with Crippen LogP contribution in [0.25, 0.3) is 0 Å². The van der Waals surface area contributed by atoms with E-state index in [2.05, 4.69) is 4.74 Å². The van der Waals surface area contributed by atoms with Crippen LogP contribution in [0.4, 0.5) is 8.78 Å². The minimum atomic E-state index is -2.80. The van der Waals surface area contributed by atoms with Crippen molar-refractivity contribution in [3.8, 4) is 5.75 Å². The molecule has 16 heavy (non-hydrogen) atoms. The Morgan fingerprint density at radius 1 is 1.25 bits per heavy atom. The van der Waals surface area contributed by atoms with Crippen LogP contribution >= 0.6 is 0 Å². The van der Waals surface area contributed by atoms with Gasteiger partial charge in [-0.05, 0) is 23.1 Å². The molecule has 0 radical (unpaired) electrons. The van der Waals surface area contributed by atoms with Crippen molar-refractivity contribution in [1.29, 1.82) is 0 Å². The average Bonchev–Trinajstić information content (AvgIpc) is 2.14. The molecular weight excluding hydrogens is 212 g/mol. The Bertz CT molecular complexity index is 347. The van der Waals surface area contributed by atoms with E-state index in [0.29, 0.717) is 0 Å². The van der Waals surface area contributed by atoms with Crippen LogP contribution in [-0.4, -0.2) is 6.61 Å². The van der Waals surface area contributed by atoms with Crippen molar-refractivity contribution in [1.82, 2.24) is 0 Å². The number of nitrogens with two attached hydrogens (primary N) is 1. The topological polar surface area (TPSA) is 35.2 Å². The van der Waals surface area contributed by atoms with Gasteiger partial charge in [0.05, 0.1) is 0 Å². The van der Waals surface area contributed by atoms with E-state index in [1.807, 2.05) is 26.8 Å².